The summed E-state index contributed by atoms with van der Waals surface area (Å²) in [6.45, 7) is 0. The number of aliphatic carboxylic acids is 1. The van der Waals surface area contributed by atoms with Gasteiger partial charge in [0, 0.05) is 11.8 Å². The summed E-state index contributed by atoms with van der Waals surface area (Å²) in [4.78, 5) is 14.0. The standard InChI is InChI=1S/C9H9Cl2NO4/c10-4-1-2-12-9(11)7(4)8(16)5(13)3-6(14)15/h1-2,5,8,13,16H,3H2,(H,14,15). The lowest BCUT2D eigenvalue weighted by atomic mass is 10.0. The van der Waals surface area contributed by atoms with Crippen LogP contribution in [0.3, 0.4) is 0 Å². The molecule has 0 saturated heterocycles. The fourth-order valence-corrected chi connectivity index (χ4v) is 1.75. The second kappa shape index (κ2) is 5.45. The Bertz CT molecular complexity index is 379. The average Bonchev–Trinajstić information content (AvgIpc) is 2.16. The molecule has 1 heterocycles. The van der Waals surface area contributed by atoms with Crippen molar-refractivity contribution in [1.82, 2.24) is 4.98 Å². The maximum Gasteiger partial charge on any atom is 0.306 e. The van der Waals surface area contributed by atoms with Crippen LogP contribution in [0.25, 0.3) is 0 Å². The van der Waals surface area contributed by atoms with Gasteiger partial charge in [-0.3, -0.25) is 4.79 Å². The van der Waals surface area contributed by atoms with Crippen LogP contribution < -0.4 is 0 Å². The largest absolute Gasteiger partial charge is 0.481 e. The van der Waals surface area contributed by atoms with Crippen molar-refractivity contribution in [3.05, 3.63) is 28.0 Å². The Labute approximate surface area is 101 Å². The van der Waals surface area contributed by atoms with Gasteiger partial charge in [0.15, 0.2) is 0 Å². The fraction of sp³-hybridized carbons (Fsp3) is 0.333. The van der Waals surface area contributed by atoms with Crippen molar-refractivity contribution in [2.75, 3.05) is 0 Å². The molecule has 0 aliphatic rings. The smallest absolute Gasteiger partial charge is 0.306 e. The molecule has 1 aromatic heterocycles. The molecule has 16 heavy (non-hydrogen) atoms. The van der Waals surface area contributed by atoms with Crippen LogP contribution in [0.4, 0.5) is 0 Å². The molecule has 7 heteroatoms. The molecule has 0 radical (unpaired) electrons. The number of pyridine rings is 1. The van der Waals surface area contributed by atoms with Crippen LogP contribution in [0.2, 0.25) is 10.2 Å². The summed E-state index contributed by atoms with van der Waals surface area (Å²) in [6.07, 6.45) is -2.24. The van der Waals surface area contributed by atoms with Gasteiger partial charge in [-0.05, 0) is 6.07 Å². The van der Waals surface area contributed by atoms with Crippen molar-refractivity contribution in [3.8, 4) is 0 Å². The monoisotopic (exact) mass is 265 g/mol. The van der Waals surface area contributed by atoms with E-state index in [1.165, 1.54) is 12.3 Å². The third-order valence-corrected chi connectivity index (χ3v) is 2.56. The lowest BCUT2D eigenvalue weighted by Gasteiger charge is -2.18. The van der Waals surface area contributed by atoms with Gasteiger partial charge in [-0.25, -0.2) is 4.98 Å². The molecule has 1 rings (SSSR count). The Kier molecular flexibility index (Phi) is 4.49. The summed E-state index contributed by atoms with van der Waals surface area (Å²) < 4.78 is 0. The topological polar surface area (TPSA) is 90.7 Å². The molecule has 1 aromatic rings. The highest BCUT2D eigenvalue weighted by Gasteiger charge is 2.25. The third kappa shape index (κ3) is 3.05. The van der Waals surface area contributed by atoms with E-state index in [0.717, 1.165) is 0 Å². The number of halogens is 2. The summed E-state index contributed by atoms with van der Waals surface area (Å²) >= 11 is 11.5. The first-order valence-corrected chi connectivity index (χ1v) is 5.07. The van der Waals surface area contributed by atoms with E-state index >= 15 is 0 Å². The molecule has 0 aromatic carbocycles. The van der Waals surface area contributed by atoms with Crippen molar-refractivity contribution < 1.29 is 20.1 Å². The van der Waals surface area contributed by atoms with E-state index in [1.54, 1.807) is 0 Å². The molecule has 3 N–H and O–H groups in total. The first-order valence-electron chi connectivity index (χ1n) is 4.31. The van der Waals surface area contributed by atoms with Crippen LogP contribution in [0.5, 0.6) is 0 Å². The zero-order valence-electron chi connectivity index (χ0n) is 7.97. The predicted molar refractivity (Wildman–Crippen MR) is 57.5 cm³/mol. The van der Waals surface area contributed by atoms with E-state index in [0.29, 0.717) is 0 Å². The number of aliphatic hydroxyl groups is 2. The third-order valence-electron chi connectivity index (χ3n) is 1.93. The second-order valence-corrected chi connectivity index (χ2v) is 3.87. The van der Waals surface area contributed by atoms with Crippen molar-refractivity contribution in [1.29, 1.82) is 0 Å². The van der Waals surface area contributed by atoms with Gasteiger partial charge >= 0.3 is 5.97 Å². The van der Waals surface area contributed by atoms with Gasteiger partial charge < -0.3 is 15.3 Å². The van der Waals surface area contributed by atoms with E-state index in [-0.39, 0.29) is 15.7 Å². The van der Waals surface area contributed by atoms with Crippen molar-refractivity contribution >= 4 is 29.2 Å². The molecule has 0 saturated carbocycles. The number of carboxylic acids is 1. The van der Waals surface area contributed by atoms with Crippen LogP contribution in [-0.2, 0) is 4.79 Å². The van der Waals surface area contributed by atoms with Gasteiger partial charge in [-0.2, -0.15) is 0 Å². The van der Waals surface area contributed by atoms with Gasteiger partial charge in [-0.1, -0.05) is 23.2 Å². The summed E-state index contributed by atoms with van der Waals surface area (Å²) in [5, 5.41) is 27.6. The summed E-state index contributed by atoms with van der Waals surface area (Å²) in [6, 6.07) is 1.39. The molecule has 0 bridgehead atoms. The Hall–Kier alpha value is -0.880. The minimum Gasteiger partial charge on any atom is -0.481 e. The van der Waals surface area contributed by atoms with E-state index in [1.807, 2.05) is 0 Å². The minimum absolute atomic E-state index is 0.0274. The summed E-state index contributed by atoms with van der Waals surface area (Å²) in [7, 11) is 0. The summed E-state index contributed by atoms with van der Waals surface area (Å²) in [5.74, 6) is -1.23. The van der Waals surface area contributed by atoms with Gasteiger partial charge in [0.05, 0.1) is 17.5 Å². The van der Waals surface area contributed by atoms with E-state index in [2.05, 4.69) is 4.98 Å². The second-order valence-electron chi connectivity index (χ2n) is 3.11. The number of carbonyl (C=O) groups is 1. The fourth-order valence-electron chi connectivity index (χ4n) is 1.17. The number of nitrogens with zero attached hydrogens (tertiary/aromatic N) is 1. The normalized spacial score (nSPS) is 14.5. The van der Waals surface area contributed by atoms with Crippen LogP contribution in [0.15, 0.2) is 12.3 Å². The molecule has 0 fully saturated rings. The Morgan fingerprint density at radius 3 is 2.56 bits per heavy atom. The van der Waals surface area contributed by atoms with Crippen LogP contribution in [-0.4, -0.2) is 32.4 Å². The molecular formula is C9H9Cl2NO4. The van der Waals surface area contributed by atoms with Crippen molar-refractivity contribution in [2.45, 2.75) is 18.6 Å². The first-order chi connectivity index (χ1) is 7.43. The van der Waals surface area contributed by atoms with E-state index in [9.17, 15) is 15.0 Å². The molecule has 88 valence electrons. The maximum atomic E-state index is 10.4. The highest BCUT2D eigenvalue weighted by molar-refractivity contribution is 6.35. The quantitative estimate of drug-likeness (QED) is 0.713. The van der Waals surface area contributed by atoms with Gasteiger partial charge in [0.25, 0.3) is 0 Å². The molecule has 0 amide bonds. The number of carboxylic acid groups (broad SMARTS) is 1. The lowest BCUT2D eigenvalue weighted by Crippen LogP contribution is -2.22. The summed E-state index contributed by atoms with van der Waals surface area (Å²) in [5.41, 5.74) is 0.0274. The molecule has 0 aliphatic heterocycles. The Morgan fingerprint density at radius 1 is 1.44 bits per heavy atom. The van der Waals surface area contributed by atoms with Crippen LogP contribution in [0.1, 0.15) is 18.1 Å². The molecule has 5 nitrogen and oxygen atoms in total. The number of hydrogen-bond acceptors (Lipinski definition) is 4. The predicted octanol–water partition coefficient (Wildman–Crippen LogP) is 1.26. The number of rotatable bonds is 4. The van der Waals surface area contributed by atoms with Gasteiger partial charge in [0.2, 0.25) is 0 Å². The Morgan fingerprint density at radius 2 is 2.06 bits per heavy atom. The van der Waals surface area contributed by atoms with E-state index in [4.69, 9.17) is 28.3 Å². The molecule has 0 aliphatic carbocycles. The molecule has 0 spiro atoms. The number of aromatic nitrogens is 1. The minimum atomic E-state index is -1.49. The zero-order valence-corrected chi connectivity index (χ0v) is 9.48. The lowest BCUT2D eigenvalue weighted by molar-refractivity contribution is -0.141. The Balaban J connectivity index is 2.95. The molecule has 2 unspecified atom stereocenters. The number of hydrogen-bond donors (Lipinski definition) is 3. The van der Waals surface area contributed by atoms with Crippen LogP contribution >= 0.6 is 23.2 Å². The zero-order chi connectivity index (χ0) is 12.3. The van der Waals surface area contributed by atoms with Gasteiger partial charge in [-0.15, -0.1) is 0 Å². The average molecular weight is 266 g/mol. The first kappa shape index (κ1) is 13.2. The van der Waals surface area contributed by atoms with Crippen molar-refractivity contribution in [2.24, 2.45) is 0 Å². The molecule has 2 atom stereocenters. The van der Waals surface area contributed by atoms with Crippen molar-refractivity contribution in [3.63, 3.8) is 0 Å². The highest BCUT2D eigenvalue weighted by atomic mass is 35.5. The van der Waals surface area contributed by atoms with Gasteiger partial charge in [0.1, 0.15) is 11.3 Å². The SMILES string of the molecule is O=C(O)CC(O)C(O)c1c(Cl)ccnc1Cl. The highest BCUT2D eigenvalue weighted by Crippen LogP contribution is 2.31. The van der Waals surface area contributed by atoms with Crippen LogP contribution in [0, 0.1) is 0 Å². The maximum absolute atomic E-state index is 10.4. The number of aliphatic hydroxyl groups excluding tert-OH is 2. The van der Waals surface area contributed by atoms with E-state index < -0.39 is 24.6 Å². The molecular weight excluding hydrogens is 257 g/mol.